The van der Waals surface area contributed by atoms with E-state index in [0.29, 0.717) is 11.3 Å². The number of nitrogens with zero attached hydrogens (tertiary/aromatic N) is 3. The molecule has 40 heavy (non-hydrogen) atoms. The van der Waals surface area contributed by atoms with E-state index in [9.17, 15) is 9.59 Å². The fourth-order valence-corrected chi connectivity index (χ4v) is 5.93. The summed E-state index contributed by atoms with van der Waals surface area (Å²) in [5.41, 5.74) is 5.75. The lowest BCUT2D eigenvalue weighted by Gasteiger charge is -2.31. The van der Waals surface area contributed by atoms with Crippen LogP contribution in [0.2, 0.25) is 0 Å². The van der Waals surface area contributed by atoms with Crippen LogP contribution >= 0.6 is 0 Å². The largest absolute Gasteiger partial charge is 0.339 e. The topological polar surface area (TPSA) is 65.0 Å². The number of benzene rings is 3. The molecule has 0 saturated heterocycles. The summed E-state index contributed by atoms with van der Waals surface area (Å²) >= 11 is 0. The Labute approximate surface area is 238 Å². The maximum absolute atomic E-state index is 13.5. The number of hydrogen-bond donors (Lipinski definition) is 1. The van der Waals surface area contributed by atoms with Crippen LogP contribution < -0.4 is 5.32 Å². The average Bonchev–Trinajstić information content (AvgIpc) is 3.34. The van der Waals surface area contributed by atoms with Crippen molar-refractivity contribution in [2.75, 3.05) is 25.5 Å². The molecule has 1 aliphatic heterocycles. The van der Waals surface area contributed by atoms with Crippen molar-refractivity contribution in [3.05, 3.63) is 95.1 Å². The minimum Gasteiger partial charge on any atom is -0.339 e. The highest BCUT2D eigenvalue weighted by molar-refractivity contribution is 6.24. The maximum atomic E-state index is 13.5. The van der Waals surface area contributed by atoms with Crippen molar-refractivity contribution < 1.29 is 9.59 Å². The molecule has 2 amide bonds. The number of carbonyl (C=O) groups excluding carboxylic acids is 2. The van der Waals surface area contributed by atoms with E-state index in [-0.39, 0.29) is 17.9 Å². The van der Waals surface area contributed by atoms with Crippen molar-refractivity contribution in [3.63, 3.8) is 0 Å². The summed E-state index contributed by atoms with van der Waals surface area (Å²) in [6.07, 6.45) is 5.68. The van der Waals surface area contributed by atoms with Crippen LogP contribution in [0, 0.1) is 0 Å². The van der Waals surface area contributed by atoms with Crippen LogP contribution in [0.5, 0.6) is 0 Å². The molecule has 0 aromatic heterocycles. The summed E-state index contributed by atoms with van der Waals surface area (Å²) in [6, 6.07) is 24.0. The molecule has 1 atom stereocenters. The van der Waals surface area contributed by atoms with Gasteiger partial charge in [0, 0.05) is 30.9 Å². The molecule has 2 aliphatic rings. The molecule has 3 aromatic rings. The number of nitrogens with one attached hydrogen (secondary N) is 1. The standard InChI is InChI=1S/C34H40N4O2/c1-4-38(5-2)23-24-16-19-27(20-17-24)35-32(25-12-8-6-9-13-25)31-29-22-26(18-21-30(29)36-33(31)39)34(40)37(3)28-14-10-7-11-15-28/h6,8-9,12-13,16-22,28,31H,4-5,7,10-11,14-15,23H2,1-3H3,(H,36,39). The first kappa shape index (κ1) is 27.8. The Balaban J connectivity index is 1.49. The first-order valence-corrected chi connectivity index (χ1v) is 14.7. The smallest absolute Gasteiger partial charge is 0.253 e. The van der Waals surface area contributed by atoms with Crippen LogP contribution in [0.15, 0.2) is 77.8 Å². The molecule has 1 unspecified atom stereocenters. The van der Waals surface area contributed by atoms with Crippen LogP contribution in [0.3, 0.4) is 0 Å². The van der Waals surface area contributed by atoms with Gasteiger partial charge in [-0.2, -0.15) is 0 Å². The second-order valence-electron chi connectivity index (χ2n) is 10.9. The van der Waals surface area contributed by atoms with Gasteiger partial charge < -0.3 is 10.2 Å². The van der Waals surface area contributed by atoms with Crippen molar-refractivity contribution in [1.29, 1.82) is 0 Å². The predicted octanol–water partition coefficient (Wildman–Crippen LogP) is 6.79. The average molecular weight is 537 g/mol. The summed E-state index contributed by atoms with van der Waals surface area (Å²) in [4.78, 5) is 36.3. The molecule has 1 fully saturated rings. The summed E-state index contributed by atoms with van der Waals surface area (Å²) in [7, 11) is 1.91. The Hall–Kier alpha value is -3.77. The number of aliphatic imine (C=N–C) groups is 1. The van der Waals surface area contributed by atoms with E-state index < -0.39 is 5.92 Å². The number of hydrogen-bond acceptors (Lipinski definition) is 4. The Morgan fingerprint density at radius 1 is 0.900 bits per heavy atom. The molecule has 0 radical (unpaired) electrons. The molecule has 0 spiro atoms. The fraction of sp³-hybridized carbons (Fsp3) is 0.382. The van der Waals surface area contributed by atoms with Gasteiger partial charge in [-0.1, -0.05) is 75.6 Å². The Kier molecular flexibility index (Phi) is 8.75. The predicted molar refractivity (Wildman–Crippen MR) is 162 cm³/mol. The molecule has 6 nitrogen and oxygen atoms in total. The van der Waals surface area contributed by atoms with Crippen LogP contribution in [-0.2, 0) is 11.3 Å². The van der Waals surface area contributed by atoms with Gasteiger partial charge in [-0.3, -0.25) is 19.5 Å². The van der Waals surface area contributed by atoms with Crippen LogP contribution in [0.1, 0.15) is 78.9 Å². The van der Waals surface area contributed by atoms with E-state index in [1.165, 1.54) is 24.8 Å². The molecule has 1 aliphatic carbocycles. The lowest BCUT2D eigenvalue weighted by Crippen LogP contribution is -2.38. The fourth-order valence-electron chi connectivity index (χ4n) is 5.93. The number of carbonyl (C=O) groups is 2. The Bertz CT molecular complexity index is 1360. The third-order valence-electron chi connectivity index (χ3n) is 8.40. The normalized spacial score (nSPS) is 17.6. The number of amides is 2. The lowest BCUT2D eigenvalue weighted by molar-refractivity contribution is -0.115. The maximum Gasteiger partial charge on any atom is 0.253 e. The third kappa shape index (κ3) is 6.02. The Morgan fingerprint density at radius 2 is 1.60 bits per heavy atom. The highest BCUT2D eigenvalue weighted by Crippen LogP contribution is 2.37. The SMILES string of the molecule is CCN(CC)Cc1ccc(N=C(c2ccccc2)C2C(=O)Nc3ccc(C(=O)N(C)C4CCCCC4)cc32)cc1. The number of fused-ring (bicyclic) bond motifs is 1. The van der Waals surface area contributed by atoms with E-state index in [4.69, 9.17) is 4.99 Å². The first-order valence-electron chi connectivity index (χ1n) is 14.7. The molecular weight excluding hydrogens is 496 g/mol. The van der Waals surface area contributed by atoms with Gasteiger partial charge in [-0.25, -0.2) is 0 Å². The van der Waals surface area contributed by atoms with Gasteiger partial charge in [-0.05, 0) is 73.0 Å². The second kappa shape index (κ2) is 12.6. The minimum absolute atomic E-state index is 0.00906. The van der Waals surface area contributed by atoms with Gasteiger partial charge in [0.25, 0.3) is 5.91 Å². The number of rotatable bonds is 9. The summed E-state index contributed by atoms with van der Waals surface area (Å²) in [5, 5.41) is 3.04. The molecule has 1 N–H and O–H groups in total. The van der Waals surface area contributed by atoms with E-state index in [2.05, 4.69) is 36.2 Å². The second-order valence-corrected chi connectivity index (χ2v) is 10.9. The summed E-state index contributed by atoms with van der Waals surface area (Å²) < 4.78 is 0. The van der Waals surface area contributed by atoms with Gasteiger partial charge >= 0.3 is 0 Å². The lowest BCUT2D eigenvalue weighted by atomic mass is 9.89. The van der Waals surface area contributed by atoms with Crippen molar-refractivity contribution in [3.8, 4) is 0 Å². The van der Waals surface area contributed by atoms with Crippen molar-refractivity contribution in [2.45, 2.75) is 64.5 Å². The summed E-state index contributed by atoms with van der Waals surface area (Å²) in [6.45, 7) is 7.25. The van der Waals surface area contributed by atoms with Gasteiger partial charge in [0.2, 0.25) is 5.91 Å². The molecule has 5 rings (SSSR count). The van der Waals surface area contributed by atoms with Gasteiger partial charge in [0.15, 0.2) is 0 Å². The monoisotopic (exact) mass is 536 g/mol. The van der Waals surface area contributed by atoms with E-state index in [0.717, 1.165) is 55.0 Å². The van der Waals surface area contributed by atoms with Gasteiger partial charge in [-0.15, -0.1) is 0 Å². The quantitative estimate of drug-likeness (QED) is 0.306. The molecule has 6 heteroatoms. The Morgan fingerprint density at radius 3 is 2.27 bits per heavy atom. The molecule has 208 valence electrons. The van der Waals surface area contributed by atoms with Crippen LogP contribution in [-0.4, -0.2) is 53.5 Å². The number of anilines is 1. The van der Waals surface area contributed by atoms with E-state index in [1.807, 2.05) is 72.6 Å². The van der Waals surface area contributed by atoms with E-state index >= 15 is 0 Å². The first-order chi connectivity index (χ1) is 19.5. The van der Waals surface area contributed by atoms with E-state index in [1.54, 1.807) is 0 Å². The summed E-state index contributed by atoms with van der Waals surface area (Å²) in [5.74, 6) is -0.726. The van der Waals surface area contributed by atoms with Crippen LogP contribution in [0.4, 0.5) is 11.4 Å². The molecule has 1 heterocycles. The van der Waals surface area contributed by atoms with Gasteiger partial charge in [0.05, 0.1) is 11.4 Å². The highest BCUT2D eigenvalue weighted by atomic mass is 16.2. The van der Waals surface area contributed by atoms with Crippen molar-refractivity contribution in [2.24, 2.45) is 4.99 Å². The zero-order valence-corrected chi connectivity index (χ0v) is 23.9. The zero-order chi connectivity index (χ0) is 28.1. The van der Waals surface area contributed by atoms with Gasteiger partial charge in [0.1, 0.15) is 5.92 Å². The van der Waals surface area contributed by atoms with Crippen molar-refractivity contribution in [1.82, 2.24) is 9.80 Å². The van der Waals surface area contributed by atoms with Crippen molar-refractivity contribution >= 4 is 28.9 Å². The zero-order valence-electron chi connectivity index (χ0n) is 23.9. The molecular formula is C34H40N4O2. The molecule has 3 aromatic carbocycles. The van der Waals surface area contributed by atoms with Crippen LogP contribution in [0.25, 0.3) is 0 Å². The molecule has 1 saturated carbocycles. The highest BCUT2D eigenvalue weighted by Gasteiger charge is 2.36. The molecule has 0 bridgehead atoms. The minimum atomic E-state index is -0.611. The third-order valence-corrected chi connectivity index (χ3v) is 8.40.